The third kappa shape index (κ3) is 2.34. The van der Waals surface area contributed by atoms with Gasteiger partial charge in [0.05, 0.1) is 0 Å². The number of rotatable bonds is 2. The van der Waals surface area contributed by atoms with Crippen LogP contribution in [0.5, 0.6) is 0 Å². The van der Waals surface area contributed by atoms with Crippen molar-refractivity contribution in [3.63, 3.8) is 0 Å². The van der Waals surface area contributed by atoms with E-state index in [2.05, 4.69) is 0 Å². The molecule has 1 rings (SSSR count). The summed E-state index contributed by atoms with van der Waals surface area (Å²) in [6.45, 7) is 0. The number of aliphatic hydroxyl groups is 1. The molecule has 70 valence electrons. The molecule has 13 heavy (non-hydrogen) atoms. The second-order valence-electron chi connectivity index (χ2n) is 2.41. The van der Waals surface area contributed by atoms with E-state index in [4.69, 9.17) is 33.4 Å². The molecule has 5 heteroatoms. The van der Waals surface area contributed by atoms with Gasteiger partial charge in [-0.15, -0.1) is 0 Å². The van der Waals surface area contributed by atoms with E-state index in [0.29, 0.717) is 5.02 Å². The molecule has 0 aromatic heterocycles. The Hall–Kier alpha value is -0.770. The largest absolute Gasteiger partial charge is 0.479 e. The third-order valence-corrected chi connectivity index (χ3v) is 2.05. The SMILES string of the molecule is O=C(O)C(O)c1ccc(Cl)cc1Cl. The molecule has 1 aromatic carbocycles. The van der Waals surface area contributed by atoms with Crippen molar-refractivity contribution >= 4 is 29.2 Å². The lowest BCUT2D eigenvalue weighted by Gasteiger charge is -2.07. The van der Waals surface area contributed by atoms with Crippen molar-refractivity contribution in [2.24, 2.45) is 0 Å². The highest BCUT2D eigenvalue weighted by molar-refractivity contribution is 6.35. The normalized spacial score (nSPS) is 12.5. The lowest BCUT2D eigenvalue weighted by molar-refractivity contribution is -0.146. The van der Waals surface area contributed by atoms with Gasteiger partial charge in [0, 0.05) is 15.6 Å². The highest BCUT2D eigenvalue weighted by Gasteiger charge is 2.18. The predicted molar refractivity (Wildman–Crippen MR) is 49.1 cm³/mol. The number of aliphatic hydroxyl groups excluding tert-OH is 1. The van der Waals surface area contributed by atoms with Crippen LogP contribution in [0.1, 0.15) is 11.7 Å². The van der Waals surface area contributed by atoms with Gasteiger partial charge in [-0.25, -0.2) is 4.79 Å². The van der Waals surface area contributed by atoms with Crippen molar-refractivity contribution in [2.45, 2.75) is 6.10 Å². The van der Waals surface area contributed by atoms with Gasteiger partial charge in [-0.3, -0.25) is 0 Å². The number of carboxylic acids is 1. The first-order valence-corrected chi connectivity index (χ1v) is 4.14. The second kappa shape index (κ2) is 3.96. The lowest BCUT2D eigenvalue weighted by Crippen LogP contribution is -2.10. The van der Waals surface area contributed by atoms with Gasteiger partial charge in [0.2, 0.25) is 0 Å². The Kier molecular flexibility index (Phi) is 3.14. The standard InChI is InChI=1S/C8H6Cl2O3/c9-4-1-2-5(6(10)3-4)7(11)8(12)13/h1-3,7,11H,(H,12,13). The minimum Gasteiger partial charge on any atom is -0.479 e. The van der Waals surface area contributed by atoms with Gasteiger partial charge < -0.3 is 10.2 Å². The predicted octanol–water partition coefficient (Wildman–Crippen LogP) is 2.11. The first-order chi connectivity index (χ1) is 6.02. The summed E-state index contributed by atoms with van der Waals surface area (Å²) >= 11 is 11.2. The van der Waals surface area contributed by atoms with Crippen LogP contribution in [0.4, 0.5) is 0 Å². The third-order valence-electron chi connectivity index (χ3n) is 1.49. The van der Waals surface area contributed by atoms with Crippen molar-refractivity contribution in [1.29, 1.82) is 0 Å². The molecule has 1 aromatic rings. The zero-order valence-electron chi connectivity index (χ0n) is 6.37. The van der Waals surface area contributed by atoms with Gasteiger partial charge in [-0.2, -0.15) is 0 Å². The summed E-state index contributed by atoms with van der Waals surface area (Å²) in [6.07, 6.45) is -1.61. The van der Waals surface area contributed by atoms with Crippen molar-refractivity contribution < 1.29 is 15.0 Å². The Morgan fingerprint density at radius 3 is 2.46 bits per heavy atom. The van der Waals surface area contributed by atoms with Crippen molar-refractivity contribution in [2.75, 3.05) is 0 Å². The molecule has 0 aliphatic heterocycles. The Morgan fingerprint density at radius 2 is 2.00 bits per heavy atom. The fraction of sp³-hybridized carbons (Fsp3) is 0.125. The molecular formula is C8H6Cl2O3. The summed E-state index contributed by atoms with van der Waals surface area (Å²) in [4.78, 5) is 10.4. The molecule has 0 bridgehead atoms. The first-order valence-electron chi connectivity index (χ1n) is 3.38. The Bertz CT molecular complexity index is 338. The lowest BCUT2D eigenvalue weighted by atomic mass is 10.1. The van der Waals surface area contributed by atoms with Gasteiger partial charge in [-0.05, 0) is 12.1 Å². The zero-order chi connectivity index (χ0) is 10.0. The number of halogens is 2. The van der Waals surface area contributed by atoms with Crippen LogP contribution in [0, 0.1) is 0 Å². The van der Waals surface area contributed by atoms with Gasteiger partial charge in [0.15, 0.2) is 6.10 Å². The van der Waals surface area contributed by atoms with Crippen LogP contribution in [-0.4, -0.2) is 16.2 Å². The van der Waals surface area contributed by atoms with Crippen LogP contribution in [0.25, 0.3) is 0 Å². The minimum atomic E-state index is -1.61. The molecule has 0 saturated carbocycles. The van der Waals surface area contributed by atoms with Crippen LogP contribution >= 0.6 is 23.2 Å². The molecule has 2 N–H and O–H groups in total. The van der Waals surface area contributed by atoms with E-state index in [9.17, 15) is 4.79 Å². The van der Waals surface area contributed by atoms with E-state index in [1.165, 1.54) is 18.2 Å². The number of carboxylic acid groups (broad SMARTS) is 1. The molecule has 0 saturated heterocycles. The van der Waals surface area contributed by atoms with E-state index in [-0.39, 0.29) is 10.6 Å². The maximum Gasteiger partial charge on any atom is 0.337 e. The molecule has 3 nitrogen and oxygen atoms in total. The summed E-state index contributed by atoms with van der Waals surface area (Å²) in [7, 11) is 0. The topological polar surface area (TPSA) is 57.5 Å². The highest BCUT2D eigenvalue weighted by atomic mass is 35.5. The fourth-order valence-corrected chi connectivity index (χ4v) is 1.37. The van der Waals surface area contributed by atoms with Crippen LogP contribution in [-0.2, 0) is 4.79 Å². The summed E-state index contributed by atoms with van der Waals surface area (Å²) in [5.74, 6) is -1.34. The fourth-order valence-electron chi connectivity index (χ4n) is 0.856. The average molecular weight is 221 g/mol. The van der Waals surface area contributed by atoms with E-state index >= 15 is 0 Å². The van der Waals surface area contributed by atoms with Crippen molar-refractivity contribution in [3.8, 4) is 0 Å². The van der Waals surface area contributed by atoms with Crippen LogP contribution in [0.2, 0.25) is 10.0 Å². The molecule has 0 aliphatic carbocycles. The van der Waals surface area contributed by atoms with Crippen molar-refractivity contribution in [3.05, 3.63) is 33.8 Å². The zero-order valence-corrected chi connectivity index (χ0v) is 7.88. The smallest absolute Gasteiger partial charge is 0.337 e. The van der Waals surface area contributed by atoms with Crippen LogP contribution in [0.15, 0.2) is 18.2 Å². The van der Waals surface area contributed by atoms with Crippen LogP contribution in [0.3, 0.4) is 0 Å². The van der Waals surface area contributed by atoms with E-state index < -0.39 is 12.1 Å². The quantitative estimate of drug-likeness (QED) is 0.803. The van der Waals surface area contributed by atoms with Crippen molar-refractivity contribution in [1.82, 2.24) is 0 Å². The molecule has 1 unspecified atom stereocenters. The summed E-state index contributed by atoms with van der Waals surface area (Å²) in [5.41, 5.74) is 0.138. The number of benzene rings is 1. The highest BCUT2D eigenvalue weighted by Crippen LogP contribution is 2.26. The molecule has 0 fully saturated rings. The molecule has 0 radical (unpaired) electrons. The average Bonchev–Trinajstić information content (AvgIpc) is 2.03. The minimum absolute atomic E-state index is 0.138. The maximum atomic E-state index is 10.4. The van der Waals surface area contributed by atoms with E-state index in [0.717, 1.165) is 0 Å². The number of aliphatic carboxylic acids is 1. The van der Waals surface area contributed by atoms with Crippen LogP contribution < -0.4 is 0 Å². The molecular weight excluding hydrogens is 215 g/mol. The maximum absolute atomic E-state index is 10.4. The van der Waals surface area contributed by atoms with Gasteiger partial charge in [0.25, 0.3) is 0 Å². The van der Waals surface area contributed by atoms with E-state index in [1.54, 1.807) is 0 Å². The number of carbonyl (C=O) groups is 1. The molecule has 0 amide bonds. The number of hydrogen-bond acceptors (Lipinski definition) is 2. The molecule has 0 heterocycles. The Labute approximate surface area is 84.5 Å². The second-order valence-corrected chi connectivity index (χ2v) is 3.25. The summed E-state index contributed by atoms with van der Waals surface area (Å²) in [5, 5.41) is 18.2. The van der Waals surface area contributed by atoms with Gasteiger partial charge in [0.1, 0.15) is 0 Å². The Morgan fingerprint density at radius 1 is 1.38 bits per heavy atom. The summed E-state index contributed by atoms with van der Waals surface area (Å²) < 4.78 is 0. The Balaban J connectivity index is 3.08. The number of hydrogen-bond donors (Lipinski definition) is 2. The van der Waals surface area contributed by atoms with Gasteiger partial charge >= 0.3 is 5.97 Å². The van der Waals surface area contributed by atoms with Gasteiger partial charge in [-0.1, -0.05) is 29.3 Å². The first kappa shape index (κ1) is 10.3. The summed E-state index contributed by atoms with van der Waals surface area (Å²) in [6, 6.07) is 4.23. The molecule has 1 atom stereocenters. The molecule has 0 spiro atoms. The van der Waals surface area contributed by atoms with E-state index in [1.807, 2.05) is 0 Å². The molecule has 0 aliphatic rings. The monoisotopic (exact) mass is 220 g/mol.